The van der Waals surface area contributed by atoms with Crippen LogP contribution in [0.1, 0.15) is 19.4 Å². The van der Waals surface area contributed by atoms with Gasteiger partial charge in [-0.05, 0) is 43.3 Å². The van der Waals surface area contributed by atoms with Crippen molar-refractivity contribution >= 4 is 11.7 Å². The fraction of sp³-hybridized carbons (Fsp3) is 0.308. The molecule has 0 bridgehead atoms. The molecule has 0 amide bonds. The molecule has 102 valence electrons. The van der Waals surface area contributed by atoms with E-state index in [-0.39, 0.29) is 12.2 Å². The molecule has 0 heterocycles. The number of carbonyl (C=O) groups excluding carboxylic acids is 1. The van der Waals surface area contributed by atoms with Gasteiger partial charge in [-0.15, -0.1) is 4.91 Å². The lowest BCUT2D eigenvalue weighted by Crippen LogP contribution is -2.08. The summed E-state index contributed by atoms with van der Waals surface area (Å²) >= 11 is 0. The minimum absolute atomic E-state index is 0.0917. The normalized spacial score (nSPS) is 11.5. The first-order valence-electron chi connectivity index (χ1n) is 5.81. The number of esters is 1. The Labute approximate surface area is 110 Å². The van der Waals surface area contributed by atoms with Gasteiger partial charge in [-0.25, -0.2) is 4.79 Å². The molecular weight excluding hydrogens is 250 g/mol. The number of hydrogen-bond donors (Lipinski definition) is 1. The highest BCUT2D eigenvalue weighted by atomic mass is 16.5. The molecule has 0 aliphatic rings. The maximum absolute atomic E-state index is 11.4. The zero-order chi connectivity index (χ0) is 14.3. The first kappa shape index (κ1) is 14.7. The van der Waals surface area contributed by atoms with Gasteiger partial charge in [0.15, 0.2) is 5.76 Å². The van der Waals surface area contributed by atoms with Crippen LogP contribution >= 0.6 is 0 Å². The Morgan fingerprint density at radius 2 is 1.84 bits per heavy atom. The molecule has 1 aromatic rings. The van der Waals surface area contributed by atoms with Crippen molar-refractivity contribution in [2.24, 2.45) is 5.18 Å². The highest BCUT2D eigenvalue weighted by molar-refractivity contribution is 5.95. The van der Waals surface area contributed by atoms with Gasteiger partial charge in [0, 0.05) is 5.56 Å². The van der Waals surface area contributed by atoms with Crippen molar-refractivity contribution < 1.29 is 19.4 Å². The molecule has 1 aromatic carbocycles. The van der Waals surface area contributed by atoms with Crippen LogP contribution in [-0.4, -0.2) is 24.3 Å². The lowest BCUT2D eigenvalue weighted by molar-refractivity contribution is -0.138. The second kappa shape index (κ2) is 7.15. The quantitative estimate of drug-likeness (QED) is 0.370. The summed E-state index contributed by atoms with van der Waals surface area (Å²) in [5, 5.41) is 12.4. The van der Waals surface area contributed by atoms with E-state index in [1.54, 1.807) is 19.1 Å². The smallest absolute Gasteiger partial charge is 0.364 e. The second-order valence-electron chi connectivity index (χ2n) is 3.47. The summed E-state index contributed by atoms with van der Waals surface area (Å²) in [5.41, 5.74) is -0.364. The summed E-state index contributed by atoms with van der Waals surface area (Å²) in [7, 11) is 0. The van der Waals surface area contributed by atoms with E-state index in [0.29, 0.717) is 12.4 Å². The molecule has 6 nitrogen and oxygen atoms in total. The molecule has 0 atom stereocenters. The Morgan fingerprint density at radius 1 is 1.21 bits per heavy atom. The average molecular weight is 265 g/mol. The Balaban J connectivity index is 3.04. The van der Waals surface area contributed by atoms with Crippen LogP contribution in [0, 0.1) is 4.91 Å². The van der Waals surface area contributed by atoms with Crippen molar-refractivity contribution in [1.82, 2.24) is 0 Å². The number of nitroso groups, excluding NO2 is 1. The molecule has 0 spiro atoms. The highest BCUT2D eigenvalue weighted by Crippen LogP contribution is 2.21. The summed E-state index contributed by atoms with van der Waals surface area (Å²) < 4.78 is 9.86. The third-order valence-corrected chi connectivity index (χ3v) is 2.22. The Bertz CT molecular complexity index is 478. The van der Waals surface area contributed by atoms with Gasteiger partial charge in [0.2, 0.25) is 5.70 Å². The molecule has 0 unspecified atom stereocenters. The van der Waals surface area contributed by atoms with E-state index >= 15 is 0 Å². The van der Waals surface area contributed by atoms with Gasteiger partial charge >= 0.3 is 5.97 Å². The topological polar surface area (TPSA) is 85.2 Å². The third-order valence-electron chi connectivity index (χ3n) is 2.22. The van der Waals surface area contributed by atoms with Crippen LogP contribution in [0.25, 0.3) is 5.76 Å². The maximum atomic E-state index is 11.4. The fourth-order valence-corrected chi connectivity index (χ4v) is 1.39. The number of carbonyl (C=O) groups is 1. The summed E-state index contributed by atoms with van der Waals surface area (Å²) in [6.07, 6.45) is 0. The molecule has 1 N–H and O–H groups in total. The molecule has 0 aliphatic heterocycles. The van der Waals surface area contributed by atoms with Gasteiger partial charge in [0.25, 0.3) is 0 Å². The predicted octanol–water partition coefficient (Wildman–Crippen LogP) is 2.64. The van der Waals surface area contributed by atoms with Gasteiger partial charge in [-0.2, -0.15) is 0 Å². The summed E-state index contributed by atoms with van der Waals surface area (Å²) in [6.45, 7) is 4.05. The van der Waals surface area contributed by atoms with Crippen molar-refractivity contribution in [3.05, 3.63) is 40.4 Å². The monoisotopic (exact) mass is 265 g/mol. The number of benzene rings is 1. The fourth-order valence-electron chi connectivity index (χ4n) is 1.39. The molecule has 19 heavy (non-hydrogen) atoms. The van der Waals surface area contributed by atoms with Gasteiger partial charge in [-0.1, -0.05) is 0 Å². The molecule has 0 fully saturated rings. The second-order valence-corrected chi connectivity index (χ2v) is 3.47. The van der Waals surface area contributed by atoms with Crippen LogP contribution in [-0.2, 0) is 9.53 Å². The standard InChI is InChI=1S/C13H15NO5/c1-3-18-10-7-5-9(6-8-10)12(15)11(14-17)13(16)19-4-2/h5-8,15H,3-4H2,1-2H3. The van der Waals surface area contributed by atoms with Crippen LogP contribution in [0.5, 0.6) is 5.75 Å². The van der Waals surface area contributed by atoms with Crippen LogP contribution in [0.2, 0.25) is 0 Å². The van der Waals surface area contributed by atoms with E-state index in [9.17, 15) is 14.8 Å². The van der Waals surface area contributed by atoms with E-state index in [4.69, 9.17) is 4.74 Å². The molecule has 0 aromatic heterocycles. The Kier molecular flexibility index (Phi) is 5.53. The van der Waals surface area contributed by atoms with E-state index in [1.165, 1.54) is 12.1 Å². The van der Waals surface area contributed by atoms with E-state index in [2.05, 4.69) is 9.91 Å². The molecule has 0 saturated carbocycles. The minimum atomic E-state index is -0.955. The molecule has 1 rings (SSSR count). The van der Waals surface area contributed by atoms with Crippen molar-refractivity contribution in [2.75, 3.05) is 13.2 Å². The third kappa shape index (κ3) is 3.80. The Hall–Kier alpha value is -2.37. The predicted molar refractivity (Wildman–Crippen MR) is 69.6 cm³/mol. The van der Waals surface area contributed by atoms with Crippen LogP contribution in [0.15, 0.2) is 35.1 Å². The SMILES string of the molecule is CCOC(=O)C(N=O)=C(O)c1ccc(OCC)cc1. The number of rotatable bonds is 6. The first-order chi connectivity index (χ1) is 9.13. The molecule has 0 saturated heterocycles. The van der Waals surface area contributed by atoms with Gasteiger partial charge in [0.1, 0.15) is 5.75 Å². The van der Waals surface area contributed by atoms with Crippen molar-refractivity contribution in [1.29, 1.82) is 0 Å². The number of aliphatic hydroxyl groups excluding tert-OH is 1. The van der Waals surface area contributed by atoms with Crippen molar-refractivity contribution in [2.45, 2.75) is 13.8 Å². The largest absolute Gasteiger partial charge is 0.505 e. The zero-order valence-corrected chi connectivity index (χ0v) is 10.8. The van der Waals surface area contributed by atoms with Crippen LogP contribution < -0.4 is 4.74 Å². The number of nitrogens with zero attached hydrogens (tertiary/aromatic N) is 1. The number of ether oxygens (including phenoxy) is 2. The van der Waals surface area contributed by atoms with Crippen LogP contribution in [0.4, 0.5) is 0 Å². The van der Waals surface area contributed by atoms with Crippen LogP contribution in [0.3, 0.4) is 0 Å². The van der Waals surface area contributed by atoms with Gasteiger partial charge in [-0.3, -0.25) is 0 Å². The van der Waals surface area contributed by atoms with Crippen molar-refractivity contribution in [3.63, 3.8) is 0 Å². The number of aliphatic hydroxyl groups is 1. The van der Waals surface area contributed by atoms with Crippen molar-refractivity contribution in [3.8, 4) is 5.75 Å². The maximum Gasteiger partial charge on any atom is 0.364 e. The number of hydrogen-bond acceptors (Lipinski definition) is 6. The summed E-state index contributed by atoms with van der Waals surface area (Å²) in [4.78, 5) is 22.0. The molecular formula is C13H15NO5. The first-order valence-corrected chi connectivity index (χ1v) is 5.81. The molecule has 0 aliphatic carbocycles. The lowest BCUT2D eigenvalue weighted by Gasteiger charge is -2.06. The van der Waals surface area contributed by atoms with Gasteiger partial charge in [0.05, 0.1) is 13.2 Å². The van der Waals surface area contributed by atoms with E-state index in [0.717, 1.165) is 0 Å². The van der Waals surface area contributed by atoms with E-state index < -0.39 is 17.4 Å². The average Bonchev–Trinajstić information content (AvgIpc) is 2.41. The zero-order valence-electron chi connectivity index (χ0n) is 10.8. The summed E-state index contributed by atoms with van der Waals surface area (Å²) in [5.74, 6) is -0.851. The summed E-state index contributed by atoms with van der Waals surface area (Å²) in [6, 6.07) is 6.26. The molecule has 6 heteroatoms. The highest BCUT2D eigenvalue weighted by Gasteiger charge is 2.19. The Morgan fingerprint density at radius 3 is 2.32 bits per heavy atom. The minimum Gasteiger partial charge on any atom is -0.505 e. The van der Waals surface area contributed by atoms with Gasteiger partial charge < -0.3 is 14.6 Å². The molecule has 0 radical (unpaired) electrons. The van der Waals surface area contributed by atoms with E-state index in [1.807, 2.05) is 6.92 Å². The lowest BCUT2D eigenvalue weighted by atomic mass is 10.1.